The van der Waals surface area contributed by atoms with E-state index in [9.17, 15) is 9.90 Å². The van der Waals surface area contributed by atoms with Crippen molar-refractivity contribution >= 4 is 5.91 Å². The summed E-state index contributed by atoms with van der Waals surface area (Å²) in [6, 6.07) is 0.329. The van der Waals surface area contributed by atoms with Gasteiger partial charge in [-0.05, 0) is 32.1 Å². The number of likely N-dealkylation sites (tertiary alicyclic amines) is 1. The Morgan fingerprint density at radius 2 is 1.90 bits per heavy atom. The van der Waals surface area contributed by atoms with Crippen LogP contribution in [0.3, 0.4) is 0 Å². The number of hydrogen-bond acceptors (Lipinski definition) is 2. The minimum Gasteiger partial charge on any atom is -0.393 e. The molecule has 1 saturated heterocycles. The van der Waals surface area contributed by atoms with E-state index >= 15 is 0 Å². The van der Waals surface area contributed by atoms with Gasteiger partial charge < -0.3 is 10.0 Å². The first-order chi connectivity index (χ1) is 9.74. The number of nitrogens with zero attached hydrogens (tertiary/aromatic N) is 1. The van der Waals surface area contributed by atoms with Gasteiger partial charge in [0.2, 0.25) is 5.91 Å². The molecule has 3 heteroatoms. The first-order valence-electron chi connectivity index (χ1n) is 8.71. The molecule has 2 rings (SSSR count). The zero-order valence-corrected chi connectivity index (χ0v) is 13.0. The third-order valence-electron chi connectivity index (χ3n) is 5.14. The van der Waals surface area contributed by atoms with E-state index in [4.69, 9.17) is 0 Å². The van der Waals surface area contributed by atoms with Crippen LogP contribution in [0.2, 0.25) is 0 Å². The van der Waals surface area contributed by atoms with Crippen LogP contribution in [0, 0.1) is 5.92 Å². The van der Waals surface area contributed by atoms with Gasteiger partial charge in [0.05, 0.1) is 6.10 Å². The largest absolute Gasteiger partial charge is 0.393 e. The number of aliphatic hydroxyl groups excluding tert-OH is 1. The summed E-state index contributed by atoms with van der Waals surface area (Å²) in [7, 11) is 0. The Morgan fingerprint density at radius 1 is 1.10 bits per heavy atom. The predicted octanol–water partition coefficient (Wildman–Crippen LogP) is 3.50. The van der Waals surface area contributed by atoms with Gasteiger partial charge in [0.1, 0.15) is 0 Å². The molecular weight excluding hydrogens is 250 g/mol. The Bertz CT molecular complexity index is 305. The average Bonchev–Trinajstić information content (AvgIpc) is 3.06. The molecule has 3 nitrogen and oxygen atoms in total. The fraction of sp³-hybridized carbons (Fsp3) is 0.941. The first kappa shape index (κ1) is 15.8. The summed E-state index contributed by atoms with van der Waals surface area (Å²) in [5.41, 5.74) is 0. The number of aliphatic hydroxyl groups is 1. The number of unbranched alkanes of at least 4 members (excludes halogenated alkanes) is 4. The van der Waals surface area contributed by atoms with Gasteiger partial charge in [0, 0.05) is 24.9 Å². The fourth-order valence-corrected chi connectivity index (χ4v) is 3.99. The van der Waals surface area contributed by atoms with Crippen molar-refractivity contribution in [2.75, 3.05) is 6.54 Å². The van der Waals surface area contributed by atoms with E-state index in [0.717, 1.165) is 45.1 Å². The summed E-state index contributed by atoms with van der Waals surface area (Å²) < 4.78 is 0. The summed E-state index contributed by atoms with van der Waals surface area (Å²) in [6.07, 6.45) is 11.9. The number of amides is 1. The van der Waals surface area contributed by atoms with Gasteiger partial charge in [0.15, 0.2) is 0 Å². The van der Waals surface area contributed by atoms with Crippen molar-refractivity contribution in [3.8, 4) is 0 Å². The van der Waals surface area contributed by atoms with Crippen LogP contribution < -0.4 is 0 Å². The molecule has 0 aromatic heterocycles. The molecule has 0 bridgehead atoms. The molecule has 20 heavy (non-hydrogen) atoms. The normalized spacial score (nSPS) is 30.1. The lowest BCUT2D eigenvalue weighted by atomic mass is 9.94. The lowest BCUT2D eigenvalue weighted by Gasteiger charge is -2.31. The van der Waals surface area contributed by atoms with Gasteiger partial charge in [-0.3, -0.25) is 4.79 Å². The molecule has 1 saturated carbocycles. The zero-order valence-electron chi connectivity index (χ0n) is 13.0. The third kappa shape index (κ3) is 3.97. The molecule has 0 aromatic rings. The minimum atomic E-state index is -0.169. The van der Waals surface area contributed by atoms with Crippen molar-refractivity contribution < 1.29 is 9.90 Å². The fourth-order valence-electron chi connectivity index (χ4n) is 3.99. The number of carbonyl (C=O) groups excluding carboxylic acids is 1. The van der Waals surface area contributed by atoms with E-state index in [-0.39, 0.29) is 6.10 Å². The van der Waals surface area contributed by atoms with Crippen LogP contribution in [0.1, 0.15) is 77.6 Å². The van der Waals surface area contributed by atoms with Crippen LogP contribution in [0.15, 0.2) is 0 Å². The Morgan fingerprint density at radius 3 is 2.60 bits per heavy atom. The van der Waals surface area contributed by atoms with Gasteiger partial charge in [-0.25, -0.2) is 0 Å². The van der Waals surface area contributed by atoms with E-state index in [1.165, 1.54) is 25.7 Å². The van der Waals surface area contributed by atoms with E-state index in [1.54, 1.807) is 0 Å². The van der Waals surface area contributed by atoms with Crippen molar-refractivity contribution in [1.82, 2.24) is 4.90 Å². The highest BCUT2D eigenvalue weighted by Gasteiger charge is 2.39. The van der Waals surface area contributed by atoms with Crippen molar-refractivity contribution in [3.63, 3.8) is 0 Å². The van der Waals surface area contributed by atoms with E-state index < -0.39 is 0 Å². The van der Waals surface area contributed by atoms with Crippen LogP contribution in [0.5, 0.6) is 0 Å². The Kier molecular flexibility index (Phi) is 6.34. The van der Waals surface area contributed by atoms with Crippen LogP contribution in [-0.4, -0.2) is 34.6 Å². The van der Waals surface area contributed by atoms with E-state index in [2.05, 4.69) is 11.8 Å². The van der Waals surface area contributed by atoms with Gasteiger partial charge in [-0.1, -0.05) is 39.0 Å². The summed E-state index contributed by atoms with van der Waals surface area (Å²) in [4.78, 5) is 14.5. The second-order valence-corrected chi connectivity index (χ2v) is 6.62. The molecule has 3 atom stereocenters. The standard InChI is InChI=1S/C17H31NO2/c1-2-3-4-5-6-12-17(20)18-13-8-10-15(18)14-9-7-11-16(14)19/h14-16,19H,2-13H2,1H3. The van der Waals surface area contributed by atoms with Crippen LogP contribution in [-0.2, 0) is 4.79 Å². The van der Waals surface area contributed by atoms with Crippen molar-refractivity contribution in [3.05, 3.63) is 0 Å². The molecule has 1 heterocycles. The van der Waals surface area contributed by atoms with Crippen molar-refractivity contribution in [2.24, 2.45) is 5.92 Å². The van der Waals surface area contributed by atoms with Gasteiger partial charge in [-0.15, -0.1) is 0 Å². The van der Waals surface area contributed by atoms with Crippen LogP contribution in [0.4, 0.5) is 0 Å². The van der Waals surface area contributed by atoms with Crippen LogP contribution in [0.25, 0.3) is 0 Å². The van der Waals surface area contributed by atoms with E-state index in [0.29, 0.717) is 24.3 Å². The highest BCUT2D eigenvalue weighted by Crippen LogP contribution is 2.36. The molecule has 1 N–H and O–H groups in total. The molecule has 1 amide bonds. The van der Waals surface area contributed by atoms with Gasteiger partial charge in [0.25, 0.3) is 0 Å². The molecule has 0 radical (unpaired) electrons. The lowest BCUT2D eigenvalue weighted by molar-refractivity contribution is -0.133. The van der Waals surface area contributed by atoms with E-state index in [1.807, 2.05) is 0 Å². The number of hydrogen-bond donors (Lipinski definition) is 1. The monoisotopic (exact) mass is 281 g/mol. The van der Waals surface area contributed by atoms with Crippen molar-refractivity contribution in [2.45, 2.75) is 89.7 Å². The first-order valence-corrected chi connectivity index (χ1v) is 8.71. The summed E-state index contributed by atoms with van der Waals surface area (Å²) >= 11 is 0. The summed E-state index contributed by atoms with van der Waals surface area (Å²) in [5, 5.41) is 10.1. The highest BCUT2D eigenvalue weighted by molar-refractivity contribution is 5.76. The molecule has 0 aromatic carbocycles. The zero-order chi connectivity index (χ0) is 14.4. The van der Waals surface area contributed by atoms with Crippen molar-refractivity contribution in [1.29, 1.82) is 0 Å². The molecule has 3 unspecified atom stereocenters. The predicted molar refractivity (Wildman–Crippen MR) is 81.5 cm³/mol. The topological polar surface area (TPSA) is 40.5 Å². The molecule has 1 aliphatic heterocycles. The molecular formula is C17H31NO2. The summed E-state index contributed by atoms with van der Waals surface area (Å²) in [6.45, 7) is 3.13. The third-order valence-corrected chi connectivity index (χ3v) is 5.14. The molecule has 2 fully saturated rings. The molecule has 1 aliphatic carbocycles. The maximum Gasteiger partial charge on any atom is 0.222 e. The average molecular weight is 281 g/mol. The van der Waals surface area contributed by atoms with Gasteiger partial charge >= 0.3 is 0 Å². The molecule has 0 spiro atoms. The Balaban J connectivity index is 1.76. The SMILES string of the molecule is CCCCCCCC(=O)N1CCCC1C1CCCC1O. The van der Waals surface area contributed by atoms with Gasteiger partial charge in [-0.2, -0.15) is 0 Å². The smallest absolute Gasteiger partial charge is 0.222 e. The Hall–Kier alpha value is -0.570. The molecule has 2 aliphatic rings. The second kappa shape index (κ2) is 8.02. The second-order valence-electron chi connectivity index (χ2n) is 6.62. The summed E-state index contributed by atoms with van der Waals surface area (Å²) in [5.74, 6) is 0.685. The number of rotatable bonds is 7. The Labute approximate surface area is 123 Å². The highest BCUT2D eigenvalue weighted by atomic mass is 16.3. The molecule has 116 valence electrons. The lowest BCUT2D eigenvalue weighted by Crippen LogP contribution is -2.42. The number of carbonyl (C=O) groups is 1. The van der Waals surface area contributed by atoms with Crippen LogP contribution >= 0.6 is 0 Å². The quantitative estimate of drug-likeness (QED) is 0.726. The maximum absolute atomic E-state index is 12.4. The maximum atomic E-state index is 12.4. The minimum absolute atomic E-state index is 0.169.